The lowest BCUT2D eigenvalue weighted by molar-refractivity contribution is -0.198. The van der Waals surface area contributed by atoms with Crippen LogP contribution in [0.5, 0.6) is 17.2 Å². The molecule has 1 amide bonds. The van der Waals surface area contributed by atoms with Gasteiger partial charge in [0, 0.05) is 31.6 Å². The lowest BCUT2D eigenvalue weighted by Gasteiger charge is -2.64. The Hall–Kier alpha value is -3.03. The number of aromatic hydroxyl groups is 1. The number of amides is 1. The molecule has 2 unspecified atom stereocenters. The molecule has 2 aliphatic heterocycles. The molecular formula is C30H36N2O5. The van der Waals surface area contributed by atoms with Gasteiger partial charge in [-0.15, -0.1) is 6.58 Å². The molecule has 0 aromatic heterocycles. The number of carbonyl (C=O) groups excluding carboxylic acids is 1. The number of likely N-dealkylation sites (N-methyl/N-ethyl adjacent to an activating group) is 1. The first-order valence-electron chi connectivity index (χ1n) is 13.3. The molecule has 2 N–H and O–H groups in total. The van der Waals surface area contributed by atoms with E-state index in [4.69, 9.17) is 9.47 Å². The average molecular weight is 505 g/mol. The molecule has 2 fully saturated rings. The molecule has 7 nitrogen and oxygen atoms in total. The van der Waals surface area contributed by atoms with Crippen LogP contribution in [0, 0.1) is 0 Å². The van der Waals surface area contributed by atoms with E-state index in [2.05, 4.69) is 11.5 Å². The van der Waals surface area contributed by atoms with E-state index >= 15 is 0 Å². The van der Waals surface area contributed by atoms with Crippen LogP contribution in [0.4, 0.5) is 0 Å². The number of benzene rings is 2. The van der Waals surface area contributed by atoms with E-state index in [1.165, 1.54) is 0 Å². The van der Waals surface area contributed by atoms with Crippen LogP contribution in [-0.4, -0.2) is 77.0 Å². The Morgan fingerprint density at radius 1 is 1.32 bits per heavy atom. The highest BCUT2D eigenvalue weighted by Crippen LogP contribution is 2.65. The molecule has 1 spiro atoms. The molecule has 6 rings (SSSR count). The van der Waals surface area contributed by atoms with Crippen LogP contribution in [0.3, 0.4) is 0 Å². The van der Waals surface area contributed by atoms with Gasteiger partial charge in [-0.3, -0.25) is 9.69 Å². The Balaban J connectivity index is 1.32. The third-order valence-electron chi connectivity index (χ3n) is 9.56. The third kappa shape index (κ3) is 3.36. The van der Waals surface area contributed by atoms with Crippen LogP contribution in [0.1, 0.15) is 42.4 Å². The number of hydrogen-bond donors (Lipinski definition) is 2. The van der Waals surface area contributed by atoms with Crippen molar-refractivity contribution in [1.82, 2.24) is 9.80 Å². The summed E-state index contributed by atoms with van der Waals surface area (Å²) >= 11 is 0. The van der Waals surface area contributed by atoms with Crippen molar-refractivity contribution in [3.05, 3.63) is 65.7 Å². The maximum Gasteiger partial charge on any atom is 0.223 e. The number of rotatable bonds is 7. The smallest absolute Gasteiger partial charge is 0.223 e. The van der Waals surface area contributed by atoms with Crippen LogP contribution in [-0.2, 0) is 23.1 Å². The summed E-state index contributed by atoms with van der Waals surface area (Å²) in [5, 5.41) is 23.3. The summed E-state index contributed by atoms with van der Waals surface area (Å²) in [6.07, 6.45) is 5.15. The molecule has 196 valence electrons. The van der Waals surface area contributed by atoms with Crippen molar-refractivity contribution in [3.63, 3.8) is 0 Å². The molecule has 1 saturated carbocycles. The number of carbonyl (C=O) groups is 1. The number of likely N-dealkylation sites (tertiary alicyclic amines) is 1. The number of hydrogen-bond acceptors (Lipinski definition) is 6. The molecule has 0 radical (unpaired) electrons. The van der Waals surface area contributed by atoms with Gasteiger partial charge < -0.3 is 24.6 Å². The molecule has 2 aromatic rings. The predicted molar refractivity (Wildman–Crippen MR) is 140 cm³/mol. The van der Waals surface area contributed by atoms with Gasteiger partial charge >= 0.3 is 0 Å². The molecule has 1 saturated heterocycles. The Morgan fingerprint density at radius 3 is 2.95 bits per heavy atom. The molecule has 7 heteroatoms. The Labute approximate surface area is 218 Å². The summed E-state index contributed by atoms with van der Waals surface area (Å²) in [6, 6.07) is 11.3. The molecule has 2 heterocycles. The summed E-state index contributed by atoms with van der Waals surface area (Å²) in [5.74, 6) is 1.45. The zero-order valence-electron chi connectivity index (χ0n) is 21.7. The van der Waals surface area contributed by atoms with Crippen LogP contribution in [0.2, 0.25) is 0 Å². The van der Waals surface area contributed by atoms with E-state index in [0.29, 0.717) is 44.3 Å². The van der Waals surface area contributed by atoms with Crippen molar-refractivity contribution >= 4 is 5.91 Å². The molecule has 2 bridgehead atoms. The summed E-state index contributed by atoms with van der Waals surface area (Å²) in [4.78, 5) is 17.6. The van der Waals surface area contributed by atoms with Crippen molar-refractivity contribution in [2.45, 2.75) is 67.7 Å². The number of phenolic OH excluding ortho intramolecular Hbond substituents is 1. The Kier molecular flexibility index (Phi) is 5.77. The average Bonchev–Trinajstić information content (AvgIpc) is 3.26. The van der Waals surface area contributed by atoms with Gasteiger partial charge in [0.1, 0.15) is 11.9 Å². The summed E-state index contributed by atoms with van der Waals surface area (Å²) in [5.41, 5.74) is 1.51. The number of nitrogens with zero attached hydrogens (tertiary/aromatic N) is 2. The fourth-order valence-corrected chi connectivity index (χ4v) is 7.83. The van der Waals surface area contributed by atoms with Crippen molar-refractivity contribution in [2.24, 2.45) is 0 Å². The number of methoxy groups -OCH3 is 1. The lowest BCUT2D eigenvalue weighted by Crippen LogP contribution is -2.78. The quantitative estimate of drug-likeness (QED) is 0.564. The van der Waals surface area contributed by atoms with Crippen LogP contribution in [0.25, 0.3) is 0 Å². The molecule has 2 aromatic carbocycles. The number of aliphatic hydroxyl groups is 1. The monoisotopic (exact) mass is 504 g/mol. The van der Waals surface area contributed by atoms with Crippen LogP contribution < -0.4 is 9.47 Å². The van der Waals surface area contributed by atoms with Gasteiger partial charge in [-0.25, -0.2) is 0 Å². The number of piperidine rings is 1. The van der Waals surface area contributed by atoms with Gasteiger partial charge in [-0.05, 0) is 68.0 Å². The van der Waals surface area contributed by atoms with Gasteiger partial charge in [-0.2, -0.15) is 0 Å². The minimum absolute atomic E-state index is 0.0510. The van der Waals surface area contributed by atoms with Crippen LogP contribution in [0.15, 0.2) is 49.1 Å². The minimum atomic E-state index is -0.994. The molecular weight excluding hydrogens is 468 g/mol. The first-order valence-corrected chi connectivity index (χ1v) is 13.3. The lowest BCUT2D eigenvalue weighted by atomic mass is 9.48. The van der Waals surface area contributed by atoms with Gasteiger partial charge in [0.05, 0.1) is 24.2 Å². The summed E-state index contributed by atoms with van der Waals surface area (Å²) in [7, 11) is 3.50. The van der Waals surface area contributed by atoms with Gasteiger partial charge in [0.2, 0.25) is 5.91 Å². The molecule has 37 heavy (non-hydrogen) atoms. The number of phenols is 1. The van der Waals surface area contributed by atoms with Crippen molar-refractivity contribution in [3.8, 4) is 17.2 Å². The highest BCUT2D eigenvalue weighted by atomic mass is 16.5. The Bertz CT molecular complexity index is 1250. The number of ether oxygens (including phenoxy) is 2. The molecule has 2 aliphatic carbocycles. The van der Waals surface area contributed by atoms with Crippen LogP contribution >= 0.6 is 0 Å². The first-order chi connectivity index (χ1) is 17.8. The van der Waals surface area contributed by atoms with Gasteiger partial charge in [-0.1, -0.05) is 24.3 Å². The third-order valence-corrected chi connectivity index (χ3v) is 9.56. The zero-order chi connectivity index (χ0) is 25.9. The SMILES string of the molecule is C=CCN1CC[C@]23c4c5ccc(O)c4OC2C(N(C)C(=O)CCc2cccc(OC)c2)CC[C@@]3(O)[C@H]1C5. The van der Waals surface area contributed by atoms with Crippen molar-refractivity contribution < 1.29 is 24.5 Å². The second kappa shape index (κ2) is 8.77. The van der Waals surface area contributed by atoms with E-state index in [1.54, 1.807) is 13.2 Å². The van der Waals surface area contributed by atoms with Gasteiger partial charge in [0.25, 0.3) is 0 Å². The predicted octanol–water partition coefficient (Wildman–Crippen LogP) is 3.20. The Morgan fingerprint density at radius 2 is 2.16 bits per heavy atom. The highest BCUT2D eigenvalue weighted by molar-refractivity contribution is 5.77. The maximum absolute atomic E-state index is 13.5. The summed E-state index contributed by atoms with van der Waals surface area (Å²) in [6.45, 7) is 5.47. The first kappa shape index (κ1) is 24.3. The second-order valence-corrected chi connectivity index (χ2v) is 11.1. The van der Waals surface area contributed by atoms with E-state index in [9.17, 15) is 15.0 Å². The summed E-state index contributed by atoms with van der Waals surface area (Å²) < 4.78 is 11.9. The van der Waals surface area contributed by atoms with E-state index < -0.39 is 17.1 Å². The topological polar surface area (TPSA) is 82.5 Å². The van der Waals surface area contributed by atoms with Crippen molar-refractivity contribution in [1.29, 1.82) is 0 Å². The van der Waals surface area contributed by atoms with E-state index in [-0.39, 0.29) is 23.7 Å². The highest BCUT2D eigenvalue weighted by Gasteiger charge is 2.73. The zero-order valence-corrected chi connectivity index (χ0v) is 21.7. The van der Waals surface area contributed by atoms with E-state index in [1.807, 2.05) is 48.4 Å². The molecule has 5 atom stereocenters. The largest absolute Gasteiger partial charge is 0.504 e. The normalized spacial score (nSPS) is 31.3. The number of aryl methyl sites for hydroxylation is 1. The molecule has 4 aliphatic rings. The van der Waals surface area contributed by atoms with Gasteiger partial charge in [0.15, 0.2) is 11.5 Å². The van der Waals surface area contributed by atoms with Crippen molar-refractivity contribution in [2.75, 3.05) is 27.2 Å². The fourth-order valence-electron chi connectivity index (χ4n) is 7.83. The van der Waals surface area contributed by atoms with E-state index in [0.717, 1.165) is 35.5 Å². The maximum atomic E-state index is 13.5. The standard InChI is InChI=1S/C30H36N2O5/c1-4-15-32-16-14-29-26-20-9-10-23(33)27(26)37-28(29)22(12-13-30(29,35)24(32)18-20)31(2)25(34)11-8-19-6-5-7-21(17-19)36-3/h4-7,9-10,17,22,24,28,33,35H,1,8,11-16,18H2,2-3H3/t22?,24-,28?,29+,30-/m1/s1. The second-order valence-electron chi connectivity index (χ2n) is 11.1. The minimum Gasteiger partial charge on any atom is -0.504 e. The fraction of sp³-hybridized carbons (Fsp3) is 0.500.